The van der Waals surface area contributed by atoms with Crippen LogP contribution in [0.4, 0.5) is 0 Å². The zero-order valence-corrected chi connectivity index (χ0v) is 15.0. The van der Waals surface area contributed by atoms with Crippen LogP contribution in [-0.4, -0.2) is 47.8 Å². The largest absolute Gasteiger partial charge is 0.336 e. The van der Waals surface area contributed by atoms with E-state index in [1.165, 1.54) is 30.4 Å². The molecule has 1 aliphatic carbocycles. The summed E-state index contributed by atoms with van der Waals surface area (Å²) in [4.78, 5) is 15.3. The number of hydrogen-bond acceptors (Lipinski definition) is 5. The SMILES string of the molecule is O=C([C@H](Cc1ccccc1)n1cnnn1)N1CCc2[nH]nc(C3CC3)c2C1. The molecule has 1 N–H and O–H groups in total. The number of fused-ring (bicyclic) bond motifs is 1. The highest BCUT2D eigenvalue weighted by Crippen LogP contribution is 2.42. The van der Waals surface area contributed by atoms with E-state index in [0.717, 1.165) is 17.7 Å². The highest BCUT2D eigenvalue weighted by atomic mass is 16.2. The molecule has 5 rings (SSSR count). The highest BCUT2D eigenvalue weighted by Gasteiger charge is 2.35. The molecule has 8 nitrogen and oxygen atoms in total. The lowest BCUT2D eigenvalue weighted by Crippen LogP contribution is -2.41. The smallest absolute Gasteiger partial charge is 0.248 e. The third-order valence-corrected chi connectivity index (χ3v) is 5.48. The summed E-state index contributed by atoms with van der Waals surface area (Å²) in [5.74, 6) is 0.624. The third-order valence-electron chi connectivity index (χ3n) is 5.48. The molecular weight excluding hydrogens is 342 g/mol. The number of amides is 1. The molecule has 138 valence electrons. The Morgan fingerprint density at radius 2 is 2.11 bits per heavy atom. The summed E-state index contributed by atoms with van der Waals surface area (Å²) in [5.41, 5.74) is 4.64. The summed E-state index contributed by atoms with van der Waals surface area (Å²) in [5, 5.41) is 19.2. The molecule has 0 radical (unpaired) electrons. The van der Waals surface area contributed by atoms with Gasteiger partial charge in [0.05, 0.1) is 5.69 Å². The highest BCUT2D eigenvalue weighted by molar-refractivity contribution is 5.81. The maximum absolute atomic E-state index is 13.4. The van der Waals surface area contributed by atoms with Crippen molar-refractivity contribution in [3.8, 4) is 0 Å². The van der Waals surface area contributed by atoms with Crippen molar-refractivity contribution < 1.29 is 4.79 Å². The quantitative estimate of drug-likeness (QED) is 0.744. The molecule has 0 saturated heterocycles. The van der Waals surface area contributed by atoms with Crippen molar-refractivity contribution in [2.45, 2.75) is 44.2 Å². The van der Waals surface area contributed by atoms with Crippen molar-refractivity contribution in [3.05, 3.63) is 59.2 Å². The maximum Gasteiger partial charge on any atom is 0.248 e. The van der Waals surface area contributed by atoms with Crippen LogP contribution in [0.3, 0.4) is 0 Å². The van der Waals surface area contributed by atoms with Gasteiger partial charge in [-0.15, -0.1) is 5.10 Å². The van der Waals surface area contributed by atoms with Crippen molar-refractivity contribution in [2.24, 2.45) is 0 Å². The average Bonchev–Trinajstić information content (AvgIpc) is 3.24. The normalized spacial score (nSPS) is 17.6. The van der Waals surface area contributed by atoms with E-state index in [1.54, 1.807) is 4.68 Å². The minimum Gasteiger partial charge on any atom is -0.336 e. The summed E-state index contributed by atoms with van der Waals surface area (Å²) in [6.07, 6.45) is 5.30. The maximum atomic E-state index is 13.4. The molecule has 3 heterocycles. The molecule has 3 aromatic rings. The van der Waals surface area contributed by atoms with E-state index in [0.29, 0.717) is 25.4 Å². The van der Waals surface area contributed by atoms with E-state index >= 15 is 0 Å². The van der Waals surface area contributed by atoms with Gasteiger partial charge in [0.2, 0.25) is 5.91 Å². The zero-order valence-electron chi connectivity index (χ0n) is 15.0. The monoisotopic (exact) mass is 363 g/mol. The zero-order chi connectivity index (χ0) is 18.2. The number of aromatic nitrogens is 6. The average molecular weight is 363 g/mol. The fraction of sp³-hybridized carbons (Fsp3) is 0.421. The predicted octanol–water partition coefficient (Wildman–Crippen LogP) is 1.64. The molecular formula is C19H21N7O. The molecule has 1 atom stereocenters. The van der Waals surface area contributed by atoms with Crippen molar-refractivity contribution in [1.29, 1.82) is 0 Å². The van der Waals surface area contributed by atoms with Crippen LogP contribution in [0.2, 0.25) is 0 Å². The second kappa shape index (κ2) is 6.61. The van der Waals surface area contributed by atoms with Gasteiger partial charge in [-0.2, -0.15) is 5.10 Å². The van der Waals surface area contributed by atoms with Crippen LogP contribution >= 0.6 is 0 Å². The van der Waals surface area contributed by atoms with E-state index in [9.17, 15) is 4.79 Å². The van der Waals surface area contributed by atoms with Gasteiger partial charge in [-0.3, -0.25) is 9.89 Å². The van der Waals surface area contributed by atoms with E-state index < -0.39 is 6.04 Å². The van der Waals surface area contributed by atoms with Crippen LogP contribution < -0.4 is 0 Å². The fourth-order valence-corrected chi connectivity index (χ4v) is 3.85. The number of H-pyrrole nitrogens is 1. The standard InChI is InChI=1S/C19H21N7O/c27-19(17(26-12-20-23-24-26)10-13-4-2-1-3-5-13)25-9-8-16-15(11-25)18(22-21-16)14-6-7-14/h1-5,12,14,17H,6-11H2,(H,21,22)/t17-/m0/s1. The van der Waals surface area contributed by atoms with Crippen molar-refractivity contribution in [3.63, 3.8) is 0 Å². The number of nitrogens with one attached hydrogen (secondary N) is 1. The number of benzene rings is 1. The lowest BCUT2D eigenvalue weighted by molar-refractivity contribution is -0.136. The van der Waals surface area contributed by atoms with E-state index in [1.807, 2.05) is 35.2 Å². The second-order valence-corrected chi connectivity index (χ2v) is 7.35. The van der Waals surface area contributed by atoms with E-state index in [-0.39, 0.29) is 5.91 Å². The van der Waals surface area contributed by atoms with Gasteiger partial charge in [-0.25, -0.2) is 4.68 Å². The molecule has 1 amide bonds. The first-order valence-electron chi connectivity index (χ1n) is 9.41. The summed E-state index contributed by atoms with van der Waals surface area (Å²) in [6.45, 7) is 1.30. The van der Waals surface area contributed by atoms with Crippen LogP contribution in [0.5, 0.6) is 0 Å². The number of carbonyl (C=O) groups is 1. The number of carbonyl (C=O) groups excluding carboxylic acids is 1. The van der Waals surface area contributed by atoms with Gasteiger partial charge in [0.1, 0.15) is 12.4 Å². The number of rotatable bonds is 5. The molecule has 8 heteroatoms. The van der Waals surface area contributed by atoms with Crippen LogP contribution in [-0.2, 0) is 24.2 Å². The molecule has 1 aromatic carbocycles. The molecule has 2 aliphatic rings. The minimum atomic E-state index is -0.444. The first kappa shape index (κ1) is 16.2. The topological polar surface area (TPSA) is 92.6 Å². The molecule has 2 aromatic heterocycles. The molecule has 27 heavy (non-hydrogen) atoms. The number of tetrazole rings is 1. The Balaban J connectivity index is 1.40. The molecule has 1 aliphatic heterocycles. The molecule has 1 fully saturated rings. The predicted molar refractivity (Wildman–Crippen MR) is 96.7 cm³/mol. The molecule has 1 saturated carbocycles. The Labute approximate surface area is 156 Å². The van der Waals surface area contributed by atoms with Crippen molar-refractivity contribution in [1.82, 2.24) is 35.3 Å². The van der Waals surface area contributed by atoms with Crippen molar-refractivity contribution in [2.75, 3.05) is 6.54 Å². The number of nitrogens with zero attached hydrogens (tertiary/aromatic N) is 6. The van der Waals surface area contributed by atoms with Gasteiger partial charge in [-0.1, -0.05) is 30.3 Å². The Bertz CT molecular complexity index is 930. The van der Waals surface area contributed by atoms with Crippen molar-refractivity contribution >= 4 is 5.91 Å². The van der Waals surface area contributed by atoms with Gasteiger partial charge in [0.25, 0.3) is 0 Å². The Morgan fingerprint density at radius 1 is 1.26 bits per heavy atom. The van der Waals surface area contributed by atoms with Crippen LogP contribution in [0.15, 0.2) is 36.7 Å². The first-order chi connectivity index (χ1) is 13.3. The lowest BCUT2D eigenvalue weighted by atomic mass is 10.0. The summed E-state index contributed by atoms with van der Waals surface area (Å²) in [6, 6.07) is 9.55. The van der Waals surface area contributed by atoms with Crippen LogP contribution in [0.1, 0.15) is 47.3 Å². The Hall–Kier alpha value is -3.03. The molecule has 0 unspecified atom stereocenters. The first-order valence-corrected chi connectivity index (χ1v) is 9.41. The van der Waals surface area contributed by atoms with Crippen LogP contribution in [0, 0.1) is 0 Å². The van der Waals surface area contributed by atoms with Gasteiger partial charge < -0.3 is 4.90 Å². The Morgan fingerprint density at radius 3 is 2.85 bits per heavy atom. The minimum absolute atomic E-state index is 0.0553. The van der Waals surface area contributed by atoms with Crippen LogP contribution in [0.25, 0.3) is 0 Å². The fourth-order valence-electron chi connectivity index (χ4n) is 3.85. The van der Waals surface area contributed by atoms with Gasteiger partial charge in [0.15, 0.2) is 0 Å². The molecule has 0 bridgehead atoms. The van der Waals surface area contributed by atoms with E-state index in [4.69, 9.17) is 0 Å². The lowest BCUT2D eigenvalue weighted by Gasteiger charge is -2.30. The van der Waals surface area contributed by atoms with Gasteiger partial charge in [-0.05, 0) is 28.8 Å². The summed E-state index contributed by atoms with van der Waals surface area (Å²) >= 11 is 0. The summed E-state index contributed by atoms with van der Waals surface area (Å²) < 4.78 is 1.57. The third kappa shape index (κ3) is 3.11. The van der Waals surface area contributed by atoms with Gasteiger partial charge in [0, 0.05) is 43.1 Å². The molecule has 0 spiro atoms. The van der Waals surface area contributed by atoms with E-state index in [2.05, 4.69) is 25.7 Å². The number of aromatic amines is 1. The summed E-state index contributed by atoms with van der Waals surface area (Å²) in [7, 11) is 0. The second-order valence-electron chi connectivity index (χ2n) is 7.35. The van der Waals surface area contributed by atoms with Gasteiger partial charge >= 0.3 is 0 Å². The Kier molecular flexibility index (Phi) is 3.95. The number of hydrogen-bond donors (Lipinski definition) is 1.